The summed E-state index contributed by atoms with van der Waals surface area (Å²) in [5.74, 6) is -1.06. The Hall–Kier alpha value is -3.08. The minimum atomic E-state index is -1.06. The first-order chi connectivity index (χ1) is 10.6. The van der Waals surface area contributed by atoms with E-state index >= 15 is 0 Å². The molecule has 0 amide bonds. The first-order valence-corrected chi connectivity index (χ1v) is 6.75. The Bertz CT molecular complexity index is 847. The topological polar surface area (TPSA) is 76.0 Å². The molecule has 3 aromatic rings. The molecule has 5 heteroatoms. The lowest BCUT2D eigenvalue weighted by Gasteiger charge is -2.05. The van der Waals surface area contributed by atoms with Gasteiger partial charge in [-0.05, 0) is 43.3 Å². The van der Waals surface area contributed by atoms with Gasteiger partial charge in [0.25, 0.3) is 0 Å². The van der Waals surface area contributed by atoms with Crippen molar-refractivity contribution < 1.29 is 9.90 Å². The molecule has 108 valence electrons. The molecule has 0 aliphatic heterocycles. The highest BCUT2D eigenvalue weighted by atomic mass is 16.4. The summed E-state index contributed by atoms with van der Waals surface area (Å²) in [7, 11) is 0. The Balaban J connectivity index is 2.05. The van der Waals surface area contributed by atoms with Crippen molar-refractivity contribution in [1.29, 1.82) is 0 Å². The van der Waals surface area contributed by atoms with Crippen LogP contribution in [0.3, 0.4) is 0 Å². The van der Waals surface area contributed by atoms with Gasteiger partial charge in [-0.2, -0.15) is 0 Å². The minimum absolute atomic E-state index is 0.00150. The maximum Gasteiger partial charge on any atom is 0.354 e. The van der Waals surface area contributed by atoms with E-state index in [0.717, 1.165) is 17.1 Å². The van der Waals surface area contributed by atoms with E-state index in [-0.39, 0.29) is 5.69 Å². The Labute approximate surface area is 127 Å². The van der Waals surface area contributed by atoms with Crippen LogP contribution in [-0.2, 0) is 0 Å². The maximum atomic E-state index is 11.0. The summed E-state index contributed by atoms with van der Waals surface area (Å²) in [6.45, 7) is 1.92. The second-order valence-corrected chi connectivity index (χ2v) is 4.79. The monoisotopic (exact) mass is 291 g/mol. The van der Waals surface area contributed by atoms with Crippen LogP contribution in [-0.4, -0.2) is 26.0 Å². The first-order valence-electron chi connectivity index (χ1n) is 6.75. The van der Waals surface area contributed by atoms with E-state index in [9.17, 15) is 4.79 Å². The lowest BCUT2D eigenvalue weighted by Crippen LogP contribution is -2.01. The molecule has 0 saturated heterocycles. The van der Waals surface area contributed by atoms with Crippen molar-refractivity contribution in [3.05, 3.63) is 66.0 Å². The molecule has 0 bridgehead atoms. The number of pyridine rings is 3. The van der Waals surface area contributed by atoms with Gasteiger partial charge in [0, 0.05) is 5.69 Å². The summed E-state index contributed by atoms with van der Waals surface area (Å²) < 4.78 is 0. The van der Waals surface area contributed by atoms with E-state index in [1.54, 1.807) is 18.2 Å². The highest BCUT2D eigenvalue weighted by Crippen LogP contribution is 2.20. The first kappa shape index (κ1) is 13.9. The zero-order chi connectivity index (χ0) is 15.5. The third-order valence-corrected chi connectivity index (χ3v) is 3.13. The molecule has 0 spiro atoms. The van der Waals surface area contributed by atoms with Gasteiger partial charge < -0.3 is 5.11 Å². The van der Waals surface area contributed by atoms with Gasteiger partial charge in [0.1, 0.15) is 5.69 Å². The Kier molecular flexibility index (Phi) is 3.62. The van der Waals surface area contributed by atoms with Crippen molar-refractivity contribution >= 4 is 5.97 Å². The van der Waals surface area contributed by atoms with Crippen LogP contribution in [0.15, 0.2) is 54.6 Å². The fraction of sp³-hybridized carbons (Fsp3) is 0.0588. The smallest absolute Gasteiger partial charge is 0.354 e. The summed E-state index contributed by atoms with van der Waals surface area (Å²) in [5, 5.41) is 9.03. The van der Waals surface area contributed by atoms with Crippen LogP contribution in [0.25, 0.3) is 22.8 Å². The van der Waals surface area contributed by atoms with E-state index in [2.05, 4.69) is 15.0 Å². The molecule has 0 aliphatic carbocycles. The molecule has 0 fully saturated rings. The summed E-state index contributed by atoms with van der Waals surface area (Å²) in [6.07, 6.45) is 0. The average Bonchev–Trinajstić information content (AvgIpc) is 2.55. The highest BCUT2D eigenvalue weighted by molar-refractivity contribution is 5.86. The fourth-order valence-electron chi connectivity index (χ4n) is 2.10. The lowest BCUT2D eigenvalue weighted by atomic mass is 10.2. The largest absolute Gasteiger partial charge is 0.477 e. The van der Waals surface area contributed by atoms with Crippen molar-refractivity contribution in [1.82, 2.24) is 15.0 Å². The molecule has 0 saturated carbocycles. The number of carboxylic acids is 1. The molecular formula is C17H13N3O2. The zero-order valence-electron chi connectivity index (χ0n) is 11.9. The number of carboxylic acid groups (broad SMARTS) is 1. The van der Waals surface area contributed by atoms with Crippen molar-refractivity contribution in [2.75, 3.05) is 0 Å². The Morgan fingerprint density at radius 3 is 1.86 bits per heavy atom. The lowest BCUT2D eigenvalue weighted by molar-refractivity contribution is 0.0690. The summed E-state index contributed by atoms with van der Waals surface area (Å²) in [4.78, 5) is 24.1. The van der Waals surface area contributed by atoms with Crippen molar-refractivity contribution in [3.8, 4) is 22.8 Å². The third kappa shape index (κ3) is 2.83. The van der Waals surface area contributed by atoms with E-state index < -0.39 is 5.97 Å². The summed E-state index contributed by atoms with van der Waals surface area (Å²) in [5.41, 5.74) is 3.55. The molecule has 0 aromatic carbocycles. The normalized spacial score (nSPS) is 10.4. The van der Waals surface area contributed by atoms with Gasteiger partial charge in [0.15, 0.2) is 0 Å². The standard InChI is InChI=1S/C17H13N3O2/c1-11-5-2-6-12(18-11)13-7-3-8-14(19-13)15-9-4-10-16(20-15)17(21)22/h2-10H,1H3,(H,21,22). The van der Waals surface area contributed by atoms with Crippen molar-refractivity contribution in [2.24, 2.45) is 0 Å². The van der Waals surface area contributed by atoms with Gasteiger partial charge in [-0.1, -0.05) is 18.2 Å². The van der Waals surface area contributed by atoms with Crippen molar-refractivity contribution in [3.63, 3.8) is 0 Å². The molecule has 1 N–H and O–H groups in total. The molecule has 0 atom stereocenters. The molecule has 5 nitrogen and oxygen atoms in total. The van der Waals surface area contributed by atoms with Gasteiger partial charge in [-0.15, -0.1) is 0 Å². The molecule has 0 unspecified atom stereocenters. The van der Waals surface area contributed by atoms with Crippen LogP contribution in [0.4, 0.5) is 0 Å². The Morgan fingerprint density at radius 1 is 0.773 bits per heavy atom. The number of hydrogen-bond donors (Lipinski definition) is 1. The third-order valence-electron chi connectivity index (χ3n) is 3.13. The summed E-state index contributed by atoms with van der Waals surface area (Å²) >= 11 is 0. The SMILES string of the molecule is Cc1cccc(-c2cccc(-c3cccc(C(=O)O)n3)n2)n1. The van der Waals surface area contributed by atoms with Gasteiger partial charge in [0.05, 0.1) is 22.8 Å². The van der Waals surface area contributed by atoms with Crippen LogP contribution in [0, 0.1) is 6.92 Å². The highest BCUT2D eigenvalue weighted by Gasteiger charge is 2.09. The second kappa shape index (κ2) is 5.73. The fourth-order valence-corrected chi connectivity index (χ4v) is 2.10. The maximum absolute atomic E-state index is 11.0. The number of aromatic nitrogens is 3. The molecule has 0 radical (unpaired) electrons. The van der Waals surface area contributed by atoms with E-state index in [0.29, 0.717) is 11.4 Å². The predicted molar refractivity (Wildman–Crippen MR) is 82.4 cm³/mol. The number of hydrogen-bond acceptors (Lipinski definition) is 4. The van der Waals surface area contributed by atoms with E-state index in [1.807, 2.05) is 37.3 Å². The van der Waals surface area contributed by atoms with Crippen molar-refractivity contribution in [2.45, 2.75) is 6.92 Å². The number of aryl methyl sites for hydroxylation is 1. The molecule has 0 aliphatic rings. The molecule has 3 heterocycles. The van der Waals surface area contributed by atoms with Crippen LogP contribution in [0.1, 0.15) is 16.2 Å². The van der Waals surface area contributed by atoms with Gasteiger partial charge in [0.2, 0.25) is 0 Å². The molecule has 22 heavy (non-hydrogen) atoms. The molecule has 3 rings (SSSR count). The number of rotatable bonds is 3. The number of nitrogens with zero attached hydrogens (tertiary/aromatic N) is 3. The zero-order valence-corrected chi connectivity index (χ0v) is 11.9. The van der Waals surface area contributed by atoms with Crippen LogP contribution < -0.4 is 0 Å². The second-order valence-electron chi connectivity index (χ2n) is 4.79. The van der Waals surface area contributed by atoms with Gasteiger partial charge in [-0.25, -0.2) is 14.8 Å². The van der Waals surface area contributed by atoms with Crippen LogP contribution >= 0.6 is 0 Å². The van der Waals surface area contributed by atoms with Crippen LogP contribution in [0.2, 0.25) is 0 Å². The summed E-state index contributed by atoms with van der Waals surface area (Å²) in [6, 6.07) is 16.1. The van der Waals surface area contributed by atoms with Gasteiger partial charge >= 0.3 is 5.97 Å². The number of aromatic carboxylic acids is 1. The Morgan fingerprint density at radius 2 is 1.27 bits per heavy atom. The molecular weight excluding hydrogens is 278 g/mol. The number of carbonyl (C=O) groups is 1. The minimum Gasteiger partial charge on any atom is -0.477 e. The quantitative estimate of drug-likeness (QED) is 0.801. The van der Waals surface area contributed by atoms with E-state index in [4.69, 9.17) is 5.11 Å². The predicted octanol–water partition coefficient (Wildman–Crippen LogP) is 3.21. The van der Waals surface area contributed by atoms with Crippen LogP contribution in [0.5, 0.6) is 0 Å². The van der Waals surface area contributed by atoms with Gasteiger partial charge in [-0.3, -0.25) is 4.98 Å². The average molecular weight is 291 g/mol. The van der Waals surface area contributed by atoms with E-state index in [1.165, 1.54) is 6.07 Å². The molecule has 3 aromatic heterocycles.